The van der Waals surface area contributed by atoms with Gasteiger partial charge in [0.1, 0.15) is 12.4 Å². The molecule has 1 heterocycles. The monoisotopic (exact) mass is 338 g/mol. The Kier molecular flexibility index (Phi) is 5.51. The van der Waals surface area contributed by atoms with E-state index in [1.165, 1.54) is 0 Å². The van der Waals surface area contributed by atoms with Gasteiger partial charge in [0.05, 0.1) is 5.52 Å². The number of rotatable bonds is 7. The van der Waals surface area contributed by atoms with E-state index in [0.717, 1.165) is 35.1 Å². The Labute approximate surface area is 146 Å². The average Bonchev–Trinajstić information content (AvgIpc) is 3.03. The molecule has 0 atom stereocenters. The third-order valence-electron chi connectivity index (χ3n) is 3.83. The molecule has 0 unspecified atom stereocenters. The molecule has 2 amide bonds. The van der Waals surface area contributed by atoms with Crippen molar-refractivity contribution in [1.82, 2.24) is 15.5 Å². The molecule has 6 heteroatoms. The number of benzene rings is 2. The summed E-state index contributed by atoms with van der Waals surface area (Å²) < 4.78 is 5.81. The first-order valence-corrected chi connectivity index (χ1v) is 8.46. The van der Waals surface area contributed by atoms with Gasteiger partial charge in [0.15, 0.2) is 5.82 Å². The smallest absolute Gasteiger partial charge is 0.320 e. The van der Waals surface area contributed by atoms with Gasteiger partial charge in [0.25, 0.3) is 0 Å². The van der Waals surface area contributed by atoms with Crippen LogP contribution in [0.4, 0.5) is 10.6 Å². The minimum atomic E-state index is -0.244. The summed E-state index contributed by atoms with van der Waals surface area (Å²) in [5.41, 5.74) is 1.92. The van der Waals surface area contributed by atoms with E-state index in [4.69, 9.17) is 4.74 Å². The number of amides is 2. The second-order valence-corrected chi connectivity index (χ2v) is 5.79. The summed E-state index contributed by atoms with van der Waals surface area (Å²) in [7, 11) is 0. The third-order valence-corrected chi connectivity index (χ3v) is 3.83. The van der Waals surface area contributed by atoms with Gasteiger partial charge in [0.2, 0.25) is 0 Å². The highest BCUT2D eigenvalue weighted by molar-refractivity contribution is 5.99. The molecule has 0 aliphatic rings. The zero-order chi connectivity index (χ0) is 17.5. The maximum Gasteiger partial charge on any atom is 0.320 e. The number of unbranched alkanes of at least 4 members (excludes halogenated alkanes) is 1. The Morgan fingerprint density at radius 2 is 2.04 bits per heavy atom. The van der Waals surface area contributed by atoms with Gasteiger partial charge in [-0.2, -0.15) is 5.10 Å². The van der Waals surface area contributed by atoms with E-state index >= 15 is 0 Å². The number of aromatic amines is 1. The molecule has 1 aromatic heterocycles. The molecule has 6 nitrogen and oxygen atoms in total. The highest BCUT2D eigenvalue weighted by Gasteiger charge is 2.10. The van der Waals surface area contributed by atoms with Gasteiger partial charge in [-0.3, -0.25) is 10.4 Å². The fraction of sp³-hybridized carbons (Fsp3) is 0.263. The molecular weight excluding hydrogens is 316 g/mol. The second-order valence-electron chi connectivity index (χ2n) is 5.79. The highest BCUT2D eigenvalue weighted by atomic mass is 16.5. The number of anilines is 1. The van der Waals surface area contributed by atoms with Crippen LogP contribution in [-0.2, 0) is 6.61 Å². The first kappa shape index (κ1) is 16.8. The van der Waals surface area contributed by atoms with Crippen LogP contribution in [0, 0.1) is 0 Å². The van der Waals surface area contributed by atoms with E-state index in [-0.39, 0.29) is 6.03 Å². The second kappa shape index (κ2) is 8.19. The SMILES string of the molecule is CCCCNC(=O)Nc1n[nH]c2cc(OCc3ccccc3)ccc12. The molecule has 0 aliphatic heterocycles. The van der Waals surface area contributed by atoms with Crippen LogP contribution in [0.2, 0.25) is 0 Å². The minimum absolute atomic E-state index is 0.244. The van der Waals surface area contributed by atoms with Crippen LogP contribution in [0.25, 0.3) is 10.9 Å². The van der Waals surface area contributed by atoms with Crippen LogP contribution in [0.1, 0.15) is 25.3 Å². The summed E-state index contributed by atoms with van der Waals surface area (Å²) in [5, 5.41) is 13.5. The summed E-state index contributed by atoms with van der Waals surface area (Å²) in [4.78, 5) is 11.9. The highest BCUT2D eigenvalue weighted by Crippen LogP contribution is 2.25. The molecule has 130 valence electrons. The van der Waals surface area contributed by atoms with E-state index in [1.807, 2.05) is 48.5 Å². The minimum Gasteiger partial charge on any atom is -0.489 e. The Morgan fingerprint density at radius 3 is 2.84 bits per heavy atom. The third kappa shape index (κ3) is 4.50. The van der Waals surface area contributed by atoms with Crippen LogP contribution in [0.3, 0.4) is 0 Å². The molecule has 0 radical (unpaired) electrons. The van der Waals surface area contributed by atoms with Crippen molar-refractivity contribution < 1.29 is 9.53 Å². The Hall–Kier alpha value is -3.02. The number of nitrogens with one attached hydrogen (secondary N) is 3. The molecule has 3 N–H and O–H groups in total. The van der Waals surface area contributed by atoms with E-state index < -0.39 is 0 Å². The predicted molar refractivity (Wildman–Crippen MR) is 98.8 cm³/mol. The first-order valence-electron chi connectivity index (χ1n) is 8.46. The van der Waals surface area contributed by atoms with Crippen molar-refractivity contribution in [3.63, 3.8) is 0 Å². The Morgan fingerprint density at radius 1 is 1.20 bits per heavy atom. The molecular formula is C19H22N4O2. The van der Waals surface area contributed by atoms with Crippen LogP contribution in [0.5, 0.6) is 5.75 Å². The topological polar surface area (TPSA) is 79.0 Å². The Balaban J connectivity index is 1.63. The zero-order valence-electron chi connectivity index (χ0n) is 14.2. The van der Waals surface area contributed by atoms with Crippen LogP contribution < -0.4 is 15.4 Å². The number of hydrogen-bond acceptors (Lipinski definition) is 3. The maximum absolute atomic E-state index is 11.9. The van der Waals surface area contributed by atoms with Gasteiger partial charge >= 0.3 is 6.03 Å². The number of H-pyrrole nitrogens is 1. The fourth-order valence-corrected chi connectivity index (χ4v) is 2.46. The fourth-order valence-electron chi connectivity index (χ4n) is 2.46. The van der Waals surface area contributed by atoms with E-state index in [2.05, 4.69) is 27.8 Å². The maximum atomic E-state index is 11.9. The molecule has 0 fully saturated rings. The number of aromatic nitrogens is 2. The van der Waals surface area contributed by atoms with Crippen molar-refractivity contribution in [1.29, 1.82) is 0 Å². The molecule has 25 heavy (non-hydrogen) atoms. The number of carbonyl (C=O) groups excluding carboxylic acids is 1. The first-order chi connectivity index (χ1) is 12.3. The molecule has 0 spiro atoms. The van der Waals surface area contributed by atoms with Crippen molar-refractivity contribution in [3.8, 4) is 5.75 Å². The van der Waals surface area contributed by atoms with Gasteiger partial charge in [0, 0.05) is 18.0 Å². The largest absolute Gasteiger partial charge is 0.489 e. The van der Waals surface area contributed by atoms with Crippen LogP contribution in [-0.4, -0.2) is 22.8 Å². The molecule has 2 aromatic carbocycles. The molecule has 0 bridgehead atoms. The molecule has 0 saturated carbocycles. The molecule has 3 rings (SSSR count). The normalized spacial score (nSPS) is 10.6. The van der Waals surface area contributed by atoms with E-state index in [9.17, 15) is 4.79 Å². The molecule has 0 saturated heterocycles. The van der Waals surface area contributed by atoms with Gasteiger partial charge in [-0.25, -0.2) is 4.79 Å². The standard InChI is InChI=1S/C19H22N4O2/c1-2-3-11-20-19(24)21-18-16-10-9-15(12-17(16)22-23-18)25-13-14-7-5-4-6-8-14/h4-10,12H,2-3,11,13H2,1H3,(H3,20,21,22,23,24). The van der Waals surface area contributed by atoms with Crippen LogP contribution in [0.15, 0.2) is 48.5 Å². The number of hydrogen-bond donors (Lipinski definition) is 3. The lowest BCUT2D eigenvalue weighted by Gasteiger charge is -2.07. The predicted octanol–water partition coefficient (Wildman–Crippen LogP) is 4.06. The number of urea groups is 1. The number of carbonyl (C=O) groups is 1. The summed E-state index contributed by atoms with van der Waals surface area (Å²) in [6.45, 7) is 3.24. The van der Waals surface area contributed by atoms with Crippen molar-refractivity contribution in [2.24, 2.45) is 0 Å². The van der Waals surface area contributed by atoms with Gasteiger partial charge in [-0.15, -0.1) is 0 Å². The van der Waals surface area contributed by atoms with E-state index in [1.54, 1.807) is 0 Å². The van der Waals surface area contributed by atoms with Crippen LogP contribution >= 0.6 is 0 Å². The summed E-state index contributed by atoms with van der Waals surface area (Å²) in [6, 6.07) is 15.4. The van der Waals surface area contributed by atoms with Crippen molar-refractivity contribution in [2.45, 2.75) is 26.4 Å². The lowest BCUT2D eigenvalue weighted by molar-refractivity contribution is 0.252. The van der Waals surface area contributed by atoms with E-state index in [0.29, 0.717) is 19.0 Å². The van der Waals surface area contributed by atoms with Crippen molar-refractivity contribution in [3.05, 3.63) is 54.1 Å². The zero-order valence-corrected chi connectivity index (χ0v) is 14.2. The number of ether oxygens (including phenoxy) is 1. The summed E-state index contributed by atoms with van der Waals surface area (Å²) in [6.07, 6.45) is 1.99. The van der Waals surface area contributed by atoms with Gasteiger partial charge in [-0.1, -0.05) is 43.7 Å². The van der Waals surface area contributed by atoms with Gasteiger partial charge < -0.3 is 10.1 Å². The lowest BCUT2D eigenvalue weighted by Crippen LogP contribution is -2.29. The summed E-state index contributed by atoms with van der Waals surface area (Å²) in [5.74, 6) is 1.26. The molecule has 0 aliphatic carbocycles. The molecule has 3 aromatic rings. The Bertz CT molecular complexity index is 830. The number of fused-ring (bicyclic) bond motifs is 1. The lowest BCUT2D eigenvalue weighted by atomic mass is 10.2. The quantitative estimate of drug-likeness (QED) is 0.568. The van der Waals surface area contributed by atoms with Crippen molar-refractivity contribution >= 4 is 22.8 Å². The van der Waals surface area contributed by atoms with Gasteiger partial charge in [-0.05, 0) is 24.1 Å². The number of nitrogens with zero attached hydrogens (tertiary/aromatic N) is 1. The average molecular weight is 338 g/mol. The summed E-state index contributed by atoms with van der Waals surface area (Å²) >= 11 is 0. The van der Waals surface area contributed by atoms with Crippen molar-refractivity contribution in [2.75, 3.05) is 11.9 Å².